The summed E-state index contributed by atoms with van der Waals surface area (Å²) >= 11 is 0. The van der Waals surface area contributed by atoms with E-state index in [4.69, 9.17) is 5.73 Å². The molecule has 0 bridgehead atoms. The SMILES string of the molecule is Nc1cccn2cnc([N+](=O)[O-])c12. The van der Waals surface area contributed by atoms with Crippen molar-refractivity contribution in [1.82, 2.24) is 9.38 Å². The average molecular weight is 178 g/mol. The minimum Gasteiger partial charge on any atom is -0.397 e. The number of aromatic nitrogens is 2. The van der Waals surface area contributed by atoms with Crippen LogP contribution >= 0.6 is 0 Å². The molecule has 0 aliphatic rings. The highest BCUT2D eigenvalue weighted by atomic mass is 16.6. The van der Waals surface area contributed by atoms with E-state index in [1.807, 2.05) is 0 Å². The number of hydrogen-bond acceptors (Lipinski definition) is 4. The number of rotatable bonds is 1. The summed E-state index contributed by atoms with van der Waals surface area (Å²) in [5.41, 5.74) is 6.27. The van der Waals surface area contributed by atoms with Gasteiger partial charge in [0.1, 0.15) is 0 Å². The van der Waals surface area contributed by atoms with Gasteiger partial charge in [-0.25, -0.2) is 0 Å². The van der Waals surface area contributed by atoms with Crippen LogP contribution in [0.15, 0.2) is 24.7 Å². The lowest BCUT2D eigenvalue weighted by molar-refractivity contribution is -0.387. The zero-order valence-electron chi connectivity index (χ0n) is 6.54. The van der Waals surface area contributed by atoms with Crippen molar-refractivity contribution in [3.05, 3.63) is 34.8 Å². The highest BCUT2D eigenvalue weighted by molar-refractivity contribution is 5.77. The molecule has 2 aromatic rings. The van der Waals surface area contributed by atoms with E-state index in [0.29, 0.717) is 11.2 Å². The first-order valence-corrected chi connectivity index (χ1v) is 3.55. The third kappa shape index (κ3) is 0.994. The number of fused-ring (bicyclic) bond motifs is 1. The van der Waals surface area contributed by atoms with E-state index in [2.05, 4.69) is 4.98 Å². The number of imidazole rings is 1. The minimum absolute atomic E-state index is 0.210. The van der Waals surface area contributed by atoms with Gasteiger partial charge in [0.25, 0.3) is 0 Å². The molecule has 6 heteroatoms. The van der Waals surface area contributed by atoms with Crippen LogP contribution in [0.2, 0.25) is 0 Å². The van der Waals surface area contributed by atoms with E-state index in [1.54, 1.807) is 18.3 Å². The Labute approximate surface area is 72.8 Å². The van der Waals surface area contributed by atoms with Crippen molar-refractivity contribution in [1.29, 1.82) is 0 Å². The van der Waals surface area contributed by atoms with E-state index in [0.717, 1.165) is 0 Å². The van der Waals surface area contributed by atoms with Gasteiger partial charge in [-0.15, -0.1) is 0 Å². The molecule has 0 radical (unpaired) electrons. The second-order valence-corrected chi connectivity index (χ2v) is 2.54. The van der Waals surface area contributed by atoms with E-state index in [9.17, 15) is 10.1 Å². The number of pyridine rings is 1. The molecule has 0 aliphatic carbocycles. The molecule has 0 aliphatic heterocycles. The molecule has 0 spiro atoms. The smallest absolute Gasteiger partial charge is 0.391 e. The third-order valence-corrected chi connectivity index (χ3v) is 1.74. The van der Waals surface area contributed by atoms with Crippen LogP contribution in [0.4, 0.5) is 11.5 Å². The highest BCUT2D eigenvalue weighted by Gasteiger charge is 2.17. The van der Waals surface area contributed by atoms with Crippen molar-refractivity contribution in [2.75, 3.05) is 5.73 Å². The number of nitrogens with two attached hydrogens (primary N) is 1. The molecule has 2 heterocycles. The van der Waals surface area contributed by atoms with Crippen molar-refractivity contribution in [2.45, 2.75) is 0 Å². The van der Waals surface area contributed by atoms with Gasteiger partial charge in [-0.2, -0.15) is 0 Å². The van der Waals surface area contributed by atoms with Gasteiger partial charge in [-0.3, -0.25) is 4.40 Å². The molecule has 2 N–H and O–H groups in total. The molecule has 0 fully saturated rings. The van der Waals surface area contributed by atoms with Gasteiger partial charge in [0, 0.05) is 6.20 Å². The lowest BCUT2D eigenvalue weighted by atomic mass is 10.3. The minimum atomic E-state index is -0.550. The van der Waals surface area contributed by atoms with Crippen molar-refractivity contribution in [3.8, 4) is 0 Å². The first-order chi connectivity index (χ1) is 6.20. The van der Waals surface area contributed by atoms with E-state index in [1.165, 1.54) is 10.7 Å². The van der Waals surface area contributed by atoms with Crippen LogP contribution in [0.3, 0.4) is 0 Å². The van der Waals surface area contributed by atoms with Crippen LogP contribution in [0.25, 0.3) is 5.52 Å². The zero-order valence-corrected chi connectivity index (χ0v) is 6.54. The Morgan fingerprint density at radius 1 is 1.62 bits per heavy atom. The molecule has 0 amide bonds. The molecule has 2 rings (SSSR count). The van der Waals surface area contributed by atoms with Gasteiger partial charge < -0.3 is 15.8 Å². The summed E-state index contributed by atoms with van der Waals surface area (Å²) in [6.07, 6.45) is 3.02. The summed E-state index contributed by atoms with van der Waals surface area (Å²) in [5.74, 6) is -0.210. The van der Waals surface area contributed by atoms with Gasteiger partial charge in [0.2, 0.25) is 6.33 Å². The maximum absolute atomic E-state index is 10.5. The van der Waals surface area contributed by atoms with Gasteiger partial charge in [-0.1, -0.05) is 0 Å². The third-order valence-electron chi connectivity index (χ3n) is 1.74. The predicted molar refractivity (Wildman–Crippen MR) is 46.3 cm³/mol. The topological polar surface area (TPSA) is 86.5 Å². The summed E-state index contributed by atoms with van der Waals surface area (Å²) in [7, 11) is 0. The van der Waals surface area contributed by atoms with Crippen LogP contribution in [0.5, 0.6) is 0 Å². The quantitative estimate of drug-likeness (QED) is 0.517. The van der Waals surface area contributed by atoms with Crippen molar-refractivity contribution in [3.63, 3.8) is 0 Å². The molecule has 6 nitrogen and oxygen atoms in total. The standard InChI is InChI=1S/C7H6N4O2/c8-5-2-1-3-10-4-9-7(6(5)10)11(12)13/h1-4H,8H2. The summed E-state index contributed by atoms with van der Waals surface area (Å²) in [6, 6.07) is 3.30. The number of hydrogen-bond donors (Lipinski definition) is 1. The monoisotopic (exact) mass is 178 g/mol. The highest BCUT2D eigenvalue weighted by Crippen LogP contribution is 2.22. The lowest BCUT2D eigenvalue weighted by Crippen LogP contribution is -1.94. The summed E-state index contributed by atoms with van der Waals surface area (Å²) in [4.78, 5) is 13.6. The van der Waals surface area contributed by atoms with Crippen LogP contribution < -0.4 is 5.73 Å². The average Bonchev–Trinajstić information content (AvgIpc) is 2.49. The van der Waals surface area contributed by atoms with Crippen LogP contribution in [0.1, 0.15) is 0 Å². The normalized spacial score (nSPS) is 10.5. The Morgan fingerprint density at radius 3 is 3.08 bits per heavy atom. The Morgan fingerprint density at radius 2 is 2.38 bits per heavy atom. The van der Waals surface area contributed by atoms with E-state index >= 15 is 0 Å². The molecule has 13 heavy (non-hydrogen) atoms. The summed E-state index contributed by atoms with van der Waals surface area (Å²) in [6.45, 7) is 0. The molecular formula is C7H6N4O2. The van der Waals surface area contributed by atoms with Crippen LogP contribution in [-0.4, -0.2) is 14.3 Å². The van der Waals surface area contributed by atoms with E-state index < -0.39 is 4.92 Å². The number of anilines is 1. The maximum Gasteiger partial charge on any atom is 0.391 e. The summed E-state index contributed by atoms with van der Waals surface area (Å²) in [5, 5.41) is 10.5. The van der Waals surface area contributed by atoms with Gasteiger partial charge in [0.15, 0.2) is 5.52 Å². The molecule has 0 aromatic carbocycles. The molecule has 0 unspecified atom stereocenters. The second kappa shape index (κ2) is 2.44. The van der Waals surface area contributed by atoms with E-state index in [-0.39, 0.29) is 5.82 Å². The van der Waals surface area contributed by atoms with Crippen molar-refractivity contribution < 1.29 is 4.92 Å². The van der Waals surface area contributed by atoms with Gasteiger partial charge in [-0.05, 0) is 22.0 Å². The Kier molecular flexibility index (Phi) is 1.42. The maximum atomic E-state index is 10.5. The number of nitrogens with zero attached hydrogens (tertiary/aromatic N) is 3. The molecular weight excluding hydrogens is 172 g/mol. The fourth-order valence-electron chi connectivity index (χ4n) is 1.19. The zero-order chi connectivity index (χ0) is 9.42. The number of nitro groups is 1. The first-order valence-electron chi connectivity index (χ1n) is 3.55. The first kappa shape index (κ1) is 7.53. The van der Waals surface area contributed by atoms with Gasteiger partial charge >= 0.3 is 5.82 Å². The fourth-order valence-corrected chi connectivity index (χ4v) is 1.19. The fraction of sp³-hybridized carbons (Fsp3) is 0. The Hall–Kier alpha value is -2.11. The van der Waals surface area contributed by atoms with Crippen molar-refractivity contribution in [2.24, 2.45) is 0 Å². The molecule has 0 atom stereocenters. The predicted octanol–water partition coefficient (Wildman–Crippen LogP) is 0.825. The Balaban J connectivity index is 2.86. The molecule has 0 saturated carbocycles. The van der Waals surface area contributed by atoms with Crippen LogP contribution in [0, 0.1) is 10.1 Å². The Bertz CT molecular complexity index is 476. The van der Waals surface area contributed by atoms with Crippen LogP contribution in [-0.2, 0) is 0 Å². The lowest BCUT2D eigenvalue weighted by Gasteiger charge is -1.95. The largest absolute Gasteiger partial charge is 0.397 e. The molecule has 0 saturated heterocycles. The molecule has 66 valence electrons. The second-order valence-electron chi connectivity index (χ2n) is 2.54. The van der Waals surface area contributed by atoms with Gasteiger partial charge in [0.05, 0.1) is 5.69 Å². The summed E-state index contributed by atoms with van der Waals surface area (Å²) < 4.78 is 1.52. The molecule has 2 aromatic heterocycles. The van der Waals surface area contributed by atoms with Crippen molar-refractivity contribution >= 4 is 17.0 Å². The number of nitrogen functional groups attached to an aromatic ring is 1.